The molecule has 8 atom stereocenters. The third-order valence-electron chi connectivity index (χ3n) is 12.3. The van der Waals surface area contributed by atoms with Crippen LogP contribution in [0.2, 0.25) is 0 Å². The summed E-state index contributed by atoms with van der Waals surface area (Å²) in [7, 11) is 0. The molecule has 41 heavy (non-hydrogen) atoms. The lowest BCUT2D eigenvalue weighted by atomic mass is 9.50. The highest BCUT2D eigenvalue weighted by Gasteiger charge is 2.57. The first-order valence-electron chi connectivity index (χ1n) is 16.4. The van der Waals surface area contributed by atoms with Crippen LogP contribution in [0.15, 0.2) is 77.9 Å². The molecule has 0 saturated heterocycles. The van der Waals surface area contributed by atoms with Gasteiger partial charge in [-0.15, -0.1) is 0 Å². The van der Waals surface area contributed by atoms with Gasteiger partial charge in [-0.05, 0) is 108 Å². The molecule has 0 heterocycles. The Hall–Kier alpha value is -2.61. The van der Waals surface area contributed by atoms with Crippen molar-refractivity contribution >= 4 is 16.7 Å². The van der Waals surface area contributed by atoms with Crippen LogP contribution in [0.3, 0.4) is 0 Å². The van der Waals surface area contributed by atoms with E-state index in [2.05, 4.69) is 78.0 Å². The van der Waals surface area contributed by atoms with Gasteiger partial charge >= 0.3 is 5.97 Å². The molecule has 0 bridgehead atoms. The number of rotatable bonds is 6. The second kappa shape index (κ2) is 10.9. The van der Waals surface area contributed by atoms with Crippen LogP contribution in [-0.2, 0) is 4.74 Å². The number of benzene rings is 2. The van der Waals surface area contributed by atoms with Crippen molar-refractivity contribution in [2.24, 2.45) is 46.3 Å². The Kier molecular flexibility index (Phi) is 7.58. The van der Waals surface area contributed by atoms with Crippen molar-refractivity contribution in [2.45, 2.75) is 92.6 Å². The van der Waals surface area contributed by atoms with Crippen LogP contribution < -0.4 is 0 Å². The molecule has 3 fully saturated rings. The largest absolute Gasteiger partial charge is 0.458 e. The van der Waals surface area contributed by atoms with Crippen molar-refractivity contribution in [1.82, 2.24) is 0 Å². The fraction of sp³-hybridized carbons (Fsp3) is 0.564. The molecule has 2 aromatic carbocycles. The molecule has 0 radical (unpaired) electrons. The van der Waals surface area contributed by atoms with Gasteiger partial charge in [0.1, 0.15) is 6.10 Å². The van der Waals surface area contributed by atoms with Crippen LogP contribution in [-0.4, -0.2) is 12.1 Å². The number of esters is 1. The number of allylic oxidation sites excluding steroid dienone is 5. The molecule has 0 aromatic heterocycles. The highest BCUT2D eigenvalue weighted by molar-refractivity contribution is 5.95. The number of ether oxygens (including phenoxy) is 1. The molecule has 0 amide bonds. The lowest BCUT2D eigenvalue weighted by Crippen LogP contribution is -2.46. The summed E-state index contributed by atoms with van der Waals surface area (Å²) in [5.74, 6) is 3.92. The quantitative estimate of drug-likeness (QED) is 0.264. The van der Waals surface area contributed by atoms with E-state index < -0.39 is 0 Å². The van der Waals surface area contributed by atoms with E-state index in [1.165, 1.54) is 31.3 Å². The summed E-state index contributed by atoms with van der Waals surface area (Å²) in [6, 6.07) is 14.1. The summed E-state index contributed by atoms with van der Waals surface area (Å²) in [5, 5.41) is 2.23. The van der Waals surface area contributed by atoms with Crippen molar-refractivity contribution in [2.75, 3.05) is 0 Å². The molecule has 5 unspecified atom stereocenters. The minimum absolute atomic E-state index is 0.0335. The average molecular weight is 551 g/mol. The van der Waals surface area contributed by atoms with Gasteiger partial charge < -0.3 is 4.74 Å². The van der Waals surface area contributed by atoms with E-state index in [9.17, 15) is 4.79 Å². The summed E-state index contributed by atoms with van der Waals surface area (Å²) in [5.41, 5.74) is 4.51. The number of carbonyl (C=O) groups excluding carboxylic acids is 1. The molecule has 3 saturated carbocycles. The average Bonchev–Trinajstić information content (AvgIpc) is 3.32. The van der Waals surface area contributed by atoms with Gasteiger partial charge in [-0.1, -0.05) is 107 Å². The second-order valence-electron chi connectivity index (χ2n) is 14.8. The van der Waals surface area contributed by atoms with Gasteiger partial charge in [0.25, 0.3) is 0 Å². The lowest BCUT2D eigenvalue weighted by Gasteiger charge is -2.55. The molecule has 0 aliphatic heterocycles. The zero-order valence-electron chi connectivity index (χ0n) is 26.2. The number of hydrogen-bond donors (Lipinski definition) is 0. The highest BCUT2D eigenvalue weighted by atomic mass is 16.5. The van der Waals surface area contributed by atoms with Crippen LogP contribution >= 0.6 is 0 Å². The summed E-state index contributed by atoms with van der Waals surface area (Å²) in [6.45, 7) is 14.6. The Morgan fingerprint density at radius 2 is 1.66 bits per heavy atom. The predicted octanol–water partition coefficient (Wildman–Crippen LogP) is 10.3. The predicted molar refractivity (Wildman–Crippen MR) is 171 cm³/mol. The normalized spacial score (nSPS) is 34.4. The van der Waals surface area contributed by atoms with Gasteiger partial charge in [0, 0.05) is 6.42 Å². The molecule has 2 nitrogen and oxygen atoms in total. The monoisotopic (exact) mass is 550 g/mol. The number of fused-ring (bicyclic) bond motifs is 6. The fourth-order valence-electron chi connectivity index (χ4n) is 9.22. The molecular weight excluding hydrogens is 500 g/mol. The Balaban J connectivity index is 1.16. The summed E-state index contributed by atoms with van der Waals surface area (Å²) in [4.78, 5) is 13.1. The SMILES string of the molecule is CC(C)C(C)/C=C/C(C)C1CCC2C3=CC=C4C[C@@H](OC(=O)c5ccc6ccccc6c5)CC[C@]4(C)C3CC[C@@]21C. The van der Waals surface area contributed by atoms with Crippen molar-refractivity contribution in [1.29, 1.82) is 0 Å². The minimum Gasteiger partial charge on any atom is -0.458 e. The van der Waals surface area contributed by atoms with Crippen molar-refractivity contribution in [3.8, 4) is 0 Å². The van der Waals surface area contributed by atoms with Crippen molar-refractivity contribution in [3.05, 3.63) is 83.5 Å². The Bertz CT molecular complexity index is 1390. The Labute approximate surface area is 248 Å². The van der Waals surface area contributed by atoms with Gasteiger partial charge in [-0.25, -0.2) is 4.79 Å². The molecule has 4 aliphatic rings. The standard InChI is InChI=1S/C39H50O2/c1-25(2)26(3)11-12-27(4)34-17-18-35-33-16-15-31-24-32(19-21-38(31,5)36(33)20-22-39(34,35)6)41-37(40)30-14-13-28-9-7-8-10-29(28)23-30/h7-16,23,25-27,32,34-36H,17-22,24H2,1-6H3/b12-11+/t26?,27?,32-,34?,35?,36?,38-,39+/m0/s1. The summed E-state index contributed by atoms with van der Waals surface area (Å²) >= 11 is 0. The zero-order chi connectivity index (χ0) is 28.9. The molecule has 2 heteroatoms. The molecule has 4 aliphatic carbocycles. The van der Waals surface area contributed by atoms with E-state index >= 15 is 0 Å². The maximum Gasteiger partial charge on any atom is 0.338 e. The highest BCUT2D eigenvalue weighted by Crippen LogP contribution is 2.66. The number of carbonyl (C=O) groups is 1. The van der Waals surface area contributed by atoms with Crippen LogP contribution in [0.4, 0.5) is 0 Å². The molecular formula is C39H50O2. The van der Waals surface area contributed by atoms with Crippen LogP contribution in [0, 0.1) is 46.3 Å². The van der Waals surface area contributed by atoms with E-state index in [-0.39, 0.29) is 17.5 Å². The van der Waals surface area contributed by atoms with Crippen molar-refractivity contribution < 1.29 is 9.53 Å². The van der Waals surface area contributed by atoms with E-state index in [0.717, 1.165) is 36.0 Å². The van der Waals surface area contributed by atoms with E-state index in [1.807, 2.05) is 30.3 Å². The van der Waals surface area contributed by atoms with Crippen molar-refractivity contribution in [3.63, 3.8) is 0 Å². The molecule has 0 spiro atoms. The van der Waals surface area contributed by atoms with Gasteiger partial charge in [0.15, 0.2) is 0 Å². The number of hydrogen-bond acceptors (Lipinski definition) is 2. The topological polar surface area (TPSA) is 26.3 Å². The maximum atomic E-state index is 13.1. The molecule has 6 rings (SSSR count). The smallest absolute Gasteiger partial charge is 0.338 e. The third kappa shape index (κ3) is 5.04. The summed E-state index contributed by atoms with van der Waals surface area (Å²) in [6.07, 6.45) is 18.2. The minimum atomic E-state index is -0.187. The van der Waals surface area contributed by atoms with Crippen LogP contribution in [0.25, 0.3) is 10.8 Å². The summed E-state index contributed by atoms with van der Waals surface area (Å²) < 4.78 is 6.13. The van der Waals surface area contributed by atoms with E-state index in [1.54, 1.807) is 5.57 Å². The Morgan fingerprint density at radius 3 is 2.44 bits per heavy atom. The lowest BCUT2D eigenvalue weighted by molar-refractivity contribution is 0.00693. The van der Waals surface area contributed by atoms with Gasteiger partial charge in [-0.3, -0.25) is 0 Å². The molecule has 2 aromatic rings. The third-order valence-corrected chi connectivity index (χ3v) is 12.3. The molecule has 0 N–H and O–H groups in total. The van der Waals surface area contributed by atoms with Gasteiger partial charge in [0.2, 0.25) is 0 Å². The second-order valence-corrected chi connectivity index (χ2v) is 14.8. The Morgan fingerprint density at radius 1 is 0.878 bits per heavy atom. The van der Waals surface area contributed by atoms with Gasteiger partial charge in [-0.2, -0.15) is 0 Å². The fourth-order valence-corrected chi connectivity index (χ4v) is 9.22. The molecule has 218 valence electrons. The van der Waals surface area contributed by atoms with E-state index in [0.29, 0.717) is 40.6 Å². The zero-order valence-corrected chi connectivity index (χ0v) is 26.2. The van der Waals surface area contributed by atoms with E-state index in [4.69, 9.17) is 4.74 Å². The first-order chi connectivity index (χ1) is 19.6. The maximum absolute atomic E-state index is 13.1. The first-order valence-corrected chi connectivity index (χ1v) is 16.4. The van der Waals surface area contributed by atoms with Gasteiger partial charge in [0.05, 0.1) is 5.56 Å². The van der Waals surface area contributed by atoms with Crippen LogP contribution in [0.5, 0.6) is 0 Å². The van der Waals surface area contributed by atoms with Crippen LogP contribution in [0.1, 0.15) is 96.8 Å². The first kappa shape index (κ1) is 28.5.